The Morgan fingerprint density at radius 2 is 2.17 bits per heavy atom. The van der Waals surface area contributed by atoms with Crippen molar-refractivity contribution in [3.63, 3.8) is 0 Å². The SMILES string of the molecule is COc1ccc(Cl)cc1NC(C)c1sccc1Br. The number of nitrogens with one attached hydrogen (secondary N) is 1. The van der Waals surface area contributed by atoms with Crippen LogP contribution in [0.4, 0.5) is 5.69 Å². The van der Waals surface area contributed by atoms with E-state index >= 15 is 0 Å². The van der Waals surface area contributed by atoms with Gasteiger partial charge in [0.2, 0.25) is 0 Å². The van der Waals surface area contributed by atoms with E-state index in [-0.39, 0.29) is 6.04 Å². The van der Waals surface area contributed by atoms with Crippen molar-refractivity contribution in [1.82, 2.24) is 0 Å². The van der Waals surface area contributed by atoms with Crippen LogP contribution in [0.5, 0.6) is 5.75 Å². The Bertz CT molecular complexity index is 544. The maximum atomic E-state index is 6.01. The molecule has 0 aliphatic carbocycles. The van der Waals surface area contributed by atoms with Gasteiger partial charge >= 0.3 is 0 Å². The molecule has 0 bridgehead atoms. The molecule has 0 saturated carbocycles. The lowest BCUT2D eigenvalue weighted by molar-refractivity contribution is 0.416. The second kappa shape index (κ2) is 5.95. The van der Waals surface area contributed by atoms with Crippen LogP contribution >= 0.6 is 38.9 Å². The van der Waals surface area contributed by atoms with Crippen molar-refractivity contribution >= 4 is 44.6 Å². The molecule has 1 heterocycles. The van der Waals surface area contributed by atoms with E-state index in [0.29, 0.717) is 5.02 Å². The predicted octanol–water partition coefficient (Wildman–Crippen LogP) is 5.35. The topological polar surface area (TPSA) is 21.3 Å². The van der Waals surface area contributed by atoms with Gasteiger partial charge in [-0.1, -0.05) is 11.6 Å². The molecule has 18 heavy (non-hydrogen) atoms. The smallest absolute Gasteiger partial charge is 0.142 e. The fourth-order valence-electron chi connectivity index (χ4n) is 1.71. The summed E-state index contributed by atoms with van der Waals surface area (Å²) in [5.41, 5.74) is 0.901. The van der Waals surface area contributed by atoms with Gasteiger partial charge in [-0.15, -0.1) is 11.3 Å². The number of rotatable bonds is 4. The number of halogens is 2. The Morgan fingerprint density at radius 3 is 2.78 bits per heavy atom. The van der Waals surface area contributed by atoms with Gasteiger partial charge in [-0.05, 0) is 52.5 Å². The van der Waals surface area contributed by atoms with Crippen molar-refractivity contribution in [2.24, 2.45) is 0 Å². The third-order valence-electron chi connectivity index (χ3n) is 2.57. The summed E-state index contributed by atoms with van der Waals surface area (Å²) < 4.78 is 6.44. The lowest BCUT2D eigenvalue weighted by atomic mass is 10.2. The molecule has 1 aromatic heterocycles. The minimum absolute atomic E-state index is 0.187. The van der Waals surface area contributed by atoms with Crippen LogP contribution in [0.25, 0.3) is 0 Å². The van der Waals surface area contributed by atoms with Gasteiger partial charge in [-0.3, -0.25) is 0 Å². The maximum Gasteiger partial charge on any atom is 0.142 e. The number of methoxy groups -OCH3 is 1. The number of thiophene rings is 1. The normalized spacial score (nSPS) is 12.2. The summed E-state index contributed by atoms with van der Waals surface area (Å²) in [6.45, 7) is 2.11. The molecule has 1 N–H and O–H groups in total. The highest BCUT2D eigenvalue weighted by Gasteiger charge is 2.13. The third kappa shape index (κ3) is 2.99. The van der Waals surface area contributed by atoms with Gasteiger partial charge in [0.1, 0.15) is 5.75 Å². The Labute approximate surface area is 124 Å². The van der Waals surface area contributed by atoms with E-state index in [4.69, 9.17) is 16.3 Å². The van der Waals surface area contributed by atoms with Crippen molar-refractivity contribution in [3.05, 3.63) is 44.0 Å². The highest BCUT2D eigenvalue weighted by molar-refractivity contribution is 9.10. The van der Waals surface area contributed by atoms with E-state index in [1.165, 1.54) is 4.88 Å². The molecule has 2 aromatic rings. The average Bonchev–Trinajstić information content (AvgIpc) is 2.76. The second-order valence-corrected chi connectivity index (χ2v) is 6.08. The van der Waals surface area contributed by atoms with Crippen LogP contribution in [-0.2, 0) is 0 Å². The van der Waals surface area contributed by atoms with E-state index in [0.717, 1.165) is 15.9 Å². The lowest BCUT2D eigenvalue weighted by Crippen LogP contribution is -2.06. The van der Waals surface area contributed by atoms with Crippen molar-refractivity contribution in [2.75, 3.05) is 12.4 Å². The monoisotopic (exact) mass is 345 g/mol. The van der Waals surface area contributed by atoms with Gasteiger partial charge in [0.25, 0.3) is 0 Å². The molecule has 1 aromatic carbocycles. The summed E-state index contributed by atoms with van der Waals surface area (Å²) >= 11 is 11.3. The molecule has 0 aliphatic heterocycles. The number of hydrogen-bond acceptors (Lipinski definition) is 3. The first-order chi connectivity index (χ1) is 8.61. The lowest BCUT2D eigenvalue weighted by Gasteiger charge is -2.17. The Morgan fingerprint density at radius 1 is 1.39 bits per heavy atom. The standard InChI is InChI=1S/C13H13BrClNOS/c1-8(13-10(14)5-6-18-13)16-11-7-9(15)3-4-12(11)17-2/h3-8,16H,1-2H3. The molecule has 1 atom stereocenters. The van der Waals surface area contributed by atoms with Crippen LogP contribution in [0, 0.1) is 0 Å². The van der Waals surface area contributed by atoms with E-state index in [1.54, 1.807) is 18.4 Å². The highest BCUT2D eigenvalue weighted by atomic mass is 79.9. The minimum Gasteiger partial charge on any atom is -0.495 e. The predicted molar refractivity (Wildman–Crippen MR) is 82.1 cm³/mol. The Kier molecular flexibility index (Phi) is 4.54. The van der Waals surface area contributed by atoms with E-state index in [2.05, 4.69) is 33.6 Å². The van der Waals surface area contributed by atoms with Crippen LogP contribution in [0.2, 0.25) is 5.02 Å². The summed E-state index contributed by atoms with van der Waals surface area (Å²) in [5.74, 6) is 0.791. The minimum atomic E-state index is 0.187. The summed E-state index contributed by atoms with van der Waals surface area (Å²) in [6.07, 6.45) is 0. The molecule has 0 radical (unpaired) electrons. The second-order valence-electron chi connectivity index (χ2n) is 3.84. The molecular formula is C13H13BrClNOS. The zero-order valence-corrected chi connectivity index (χ0v) is 13.2. The molecule has 0 saturated heterocycles. The number of hydrogen-bond donors (Lipinski definition) is 1. The zero-order chi connectivity index (χ0) is 13.1. The van der Waals surface area contributed by atoms with Crippen molar-refractivity contribution in [2.45, 2.75) is 13.0 Å². The largest absolute Gasteiger partial charge is 0.495 e. The molecule has 0 amide bonds. The van der Waals surface area contributed by atoms with Gasteiger partial charge in [0.15, 0.2) is 0 Å². The first kappa shape index (κ1) is 13.7. The molecule has 96 valence electrons. The number of benzene rings is 1. The van der Waals surface area contributed by atoms with Gasteiger partial charge in [0, 0.05) is 14.4 Å². The number of anilines is 1. The molecule has 0 spiro atoms. The van der Waals surface area contributed by atoms with E-state index in [1.807, 2.05) is 24.3 Å². The molecule has 0 aliphatic rings. The summed E-state index contributed by atoms with van der Waals surface area (Å²) in [5, 5.41) is 6.17. The summed E-state index contributed by atoms with van der Waals surface area (Å²) in [6, 6.07) is 7.79. The summed E-state index contributed by atoms with van der Waals surface area (Å²) in [4.78, 5) is 1.25. The third-order valence-corrected chi connectivity index (χ3v) is 4.86. The fraction of sp³-hybridized carbons (Fsp3) is 0.231. The van der Waals surface area contributed by atoms with Crippen LogP contribution in [0.3, 0.4) is 0 Å². The summed E-state index contributed by atoms with van der Waals surface area (Å²) in [7, 11) is 1.65. The van der Waals surface area contributed by atoms with Gasteiger partial charge in [-0.25, -0.2) is 0 Å². The van der Waals surface area contributed by atoms with Gasteiger partial charge in [0.05, 0.1) is 18.8 Å². The van der Waals surface area contributed by atoms with Crippen LogP contribution in [0.15, 0.2) is 34.1 Å². The van der Waals surface area contributed by atoms with Crippen molar-refractivity contribution in [3.8, 4) is 5.75 Å². The van der Waals surface area contributed by atoms with Crippen molar-refractivity contribution < 1.29 is 4.74 Å². The Balaban J connectivity index is 2.23. The number of ether oxygens (including phenoxy) is 1. The fourth-order valence-corrected chi connectivity index (χ4v) is 3.60. The Hall–Kier alpha value is -0.710. The van der Waals surface area contributed by atoms with E-state index in [9.17, 15) is 0 Å². The van der Waals surface area contributed by atoms with Crippen LogP contribution in [0.1, 0.15) is 17.8 Å². The maximum absolute atomic E-state index is 6.01. The highest BCUT2D eigenvalue weighted by Crippen LogP contribution is 2.34. The van der Waals surface area contributed by atoms with E-state index < -0.39 is 0 Å². The molecule has 1 unspecified atom stereocenters. The first-order valence-electron chi connectivity index (χ1n) is 5.44. The van der Waals surface area contributed by atoms with Crippen molar-refractivity contribution in [1.29, 1.82) is 0 Å². The van der Waals surface area contributed by atoms with Crippen LogP contribution < -0.4 is 10.1 Å². The molecule has 2 nitrogen and oxygen atoms in total. The van der Waals surface area contributed by atoms with Crippen LogP contribution in [-0.4, -0.2) is 7.11 Å². The molecule has 5 heteroatoms. The molecular weight excluding hydrogens is 334 g/mol. The molecule has 0 fully saturated rings. The molecule has 2 rings (SSSR count). The van der Waals surface area contributed by atoms with Gasteiger partial charge in [-0.2, -0.15) is 0 Å². The first-order valence-corrected chi connectivity index (χ1v) is 7.50. The quantitative estimate of drug-likeness (QED) is 0.806. The van der Waals surface area contributed by atoms with Gasteiger partial charge < -0.3 is 10.1 Å². The average molecular weight is 347 g/mol. The zero-order valence-electron chi connectivity index (χ0n) is 10.0.